The van der Waals surface area contributed by atoms with Gasteiger partial charge in [-0.2, -0.15) is 0 Å². The molecule has 0 aliphatic heterocycles. The summed E-state index contributed by atoms with van der Waals surface area (Å²) in [6.07, 6.45) is 4.64. The van der Waals surface area contributed by atoms with Gasteiger partial charge in [0.15, 0.2) is 0 Å². The van der Waals surface area contributed by atoms with E-state index in [-0.39, 0.29) is 6.03 Å². The molecular weight excluding hydrogens is 226 g/mol. The van der Waals surface area contributed by atoms with Gasteiger partial charge in [-0.15, -0.1) is 0 Å². The van der Waals surface area contributed by atoms with Crippen molar-refractivity contribution in [1.82, 2.24) is 15.1 Å². The van der Waals surface area contributed by atoms with Gasteiger partial charge in [-0.25, -0.2) is 4.79 Å². The van der Waals surface area contributed by atoms with Gasteiger partial charge in [0.1, 0.15) is 0 Å². The van der Waals surface area contributed by atoms with E-state index >= 15 is 0 Å². The summed E-state index contributed by atoms with van der Waals surface area (Å²) >= 11 is 0. The van der Waals surface area contributed by atoms with Crippen molar-refractivity contribution in [2.45, 2.75) is 52.5 Å². The molecule has 4 nitrogen and oxygen atoms in total. The van der Waals surface area contributed by atoms with E-state index in [1.54, 1.807) is 0 Å². The maximum Gasteiger partial charge on any atom is 0.317 e. The Labute approximate surface area is 112 Å². The topological polar surface area (TPSA) is 35.6 Å². The molecular formula is C14H29N3O. The Bertz CT molecular complexity index is 237. The molecule has 0 radical (unpaired) electrons. The monoisotopic (exact) mass is 255 g/mol. The van der Waals surface area contributed by atoms with Gasteiger partial charge in [-0.1, -0.05) is 13.8 Å². The van der Waals surface area contributed by atoms with Crippen molar-refractivity contribution in [1.29, 1.82) is 0 Å². The molecule has 4 heteroatoms. The molecule has 0 unspecified atom stereocenters. The molecule has 0 saturated heterocycles. The number of carbonyl (C=O) groups excluding carboxylic acids is 1. The lowest BCUT2D eigenvalue weighted by molar-refractivity contribution is 0.184. The first-order valence-electron chi connectivity index (χ1n) is 7.49. The number of carbonyl (C=O) groups is 1. The van der Waals surface area contributed by atoms with Crippen LogP contribution in [-0.2, 0) is 0 Å². The van der Waals surface area contributed by atoms with Crippen LogP contribution in [0.2, 0.25) is 0 Å². The van der Waals surface area contributed by atoms with Crippen molar-refractivity contribution in [3.63, 3.8) is 0 Å². The van der Waals surface area contributed by atoms with Crippen LogP contribution in [0, 0.1) is 0 Å². The summed E-state index contributed by atoms with van der Waals surface area (Å²) in [4.78, 5) is 16.3. The third-order valence-corrected chi connectivity index (χ3v) is 3.90. The molecule has 0 heterocycles. The van der Waals surface area contributed by atoms with Gasteiger partial charge in [-0.05, 0) is 52.2 Å². The number of hydrogen-bond acceptors (Lipinski definition) is 2. The molecule has 2 amide bonds. The predicted molar refractivity (Wildman–Crippen MR) is 75.8 cm³/mol. The molecule has 0 aromatic carbocycles. The van der Waals surface area contributed by atoms with Crippen molar-refractivity contribution >= 4 is 6.03 Å². The molecule has 1 saturated carbocycles. The highest BCUT2D eigenvalue weighted by Gasteiger charge is 2.21. The van der Waals surface area contributed by atoms with Gasteiger partial charge in [0.25, 0.3) is 0 Å². The Morgan fingerprint density at radius 2 is 1.78 bits per heavy atom. The summed E-state index contributed by atoms with van der Waals surface area (Å²) in [5, 5.41) is 3.11. The van der Waals surface area contributed by atoms with E-state index < -0.39 is 0 Å². The minimum atomic E-state index is 0.127. The lowest BCUT2D eigenvalue weighted by atomic mass is 9.93. The third-order valence-electron chi connectivity index (χ3n) is 3.90. The number of hydrogen-bond donors (Lipinski definition) is 1. The second kappa shape index (κ2) is 8.35. The zero-order valence-corrected chi connectivity index (χ0v) is 12.2. The third kappa shape index (κ3) is 4.84. The summed E-state index contributed by atoms with van der Waals surface area (Å²) in [6, 6.07) is 0.566. The van der Waals surface area contributed by atoms with Crippen LogP contribution in [0.4, 0.5) is 4.79 Å². The van der Waals surface area contributed by atoms with Gasteiger partial charge < -0.3 is 15.1 Å². The fourth-order valence-corrected chi connectivity index (χ4v) is 2.25. The van der Waals surface area contributed by atoms with Crippen LogP contribution in [0.25, 0.3) is 0 Å². The number of nitrogens with zero attached hydrogens (tertiary/aromatic N) is 2. The van der Waals surface area contributed by atoms with Crippen molar-refractivity contribution in [3.05, 3.63) is 0 Å². The fourth-order valence-electron chi connectivity index (χ4n) is 2.25. The molecule has 0 spiro atoms. The van der Waals surface area contributed by atoms with Gasteiger partial charge in [0.05, 0.1) is 0 Å². The van der Waals surface area contributed by atoms with E-state index in [0.717, 1.165) is 52.0 Å². The first kappa shape index (κ1) is 15.3. The van der Waals surface area contributed by atoms with Crippen molar-refractivity contribution in [2.24, 2.45) is 0 Å². The summed E-state index contributed by atoms with van der Waals surface area (Å²) in [7, 11) is 0. The summed E-state index contributed by atoms with van der Waals surface area (Å²) in [6.45, 7) is 11.4. The van der Waals surface area contributed by atoms with Gasteiger partial charge >= 0.3 is 6.03 Å². The van der Waals surface area contributed by atoms with Crippen LogP contribution in [0.1, 0.15) is 46.5 Å². The summed E-state index contributed by atoms with van der Waals surface area (Å²) in [5.74, 6) is 0. The SMILES string of the molecule is CCN(CC)CCCN(CC)C(=O)NC1CCC1. The van der Waals surface area contributed by atoms with E-state index in [1.807, 2.05) is 4.90 Å². The molecule has 1 fully saturated rings. The van der Waals surface area contributed by atoms with Gasteiger partial charge in [0.2, 0.25) is 0 Å². The zero-order valence-electron chi connectivity index (χ0n) is 12.2. The average Bonchev–Trinajstić information content (AvgIpc) is 2.34. The Balaban J connectivity index is 2.20. The maximum absolute atomic E-state index is 12.0. The first-order valence-corrected chi connectivity index (χ1v) is 7.49. The molecule has 1 aliphatic carbocycles. The highest BCUT2D eigenvalue weighted by atomic mass is 16.2. The second-order valence-electron chi connectivity index (χ2n) is 5.04. The van der Waals surface area contributed by atoms with E-state index in [9.17, 15) is 4.79 Å². The van der Waals surface area contributed by atoms with E-state index in [0.29, 0.717) is 6.04 Å². The Hall–Kier alpha value is -0.770. The van der Waals surface area contributed by atoms with Crippen LogP contribution in [-0.4, -0.2) is 54.6 Å². The molecule has 18 heavy (non-hydrogen) atoms. The number of amides is 2. The van der Waals surface area contributed by atoms with Crippen LogP contribution in [0.3, 0.4) is 0 Å². The van der Waals surface area contributed by atoms with Crippen LogP contribution >= 0.6 is 0 Å². The molecule has 106 valence electrons. The van der Waals surface area contributed by atoms with Gasteiger partial charge in [0, 0.05) is 19.1 Å². The fraction of sp³-hybridized carbons (Fsp3) is 0.929. The summed E-state index contributed by atoms with van der Waals surface area (Å²) < 4.78 is 0. The Kier molecular flexibility index (Phi) is 7.09. The maximum atomic E-state index is 12.0. The first-order chi connectivity index (χ1) is 8.71. The van der Waals surface area contributed by atoms with E-state index in [1.165, 1.54) is 6.42 Å². The molecule has 1 rings (SSSR count). The average molecular weight is 255 g/mol. The van der Waals surface area contributed by atoms with E-state index in [4.69, 9.17) is 0 Å². The van der Waals surface area contributed by atoms with E-state index in [2.05, 4.69) is 31.0 Å². The highest BCUT2D eigenvalue weighted by Crippen LogP contribution is 2.18. The molecule has 0 bridgehead atoms. The molecule has 1 N–H and O–H groups in total. The second-order valence-corrected chi connectivity index (χ2v) is 5.04. The largest absolute Gasteiger partial charge is 0.335 e. The van der Waals surface area contributed by atoms with Crippen LogP contribution in [0.15, 0.2) is 0 Å². The number of urea groups is 1. The molecule has 0 aromatic heterocycles. The quantitative estimate of drug-likeness (QED) is 0.722. The Morgan fingerprint density at radius 1 is 1.11 bits per heavy atom. The molecule has 0 aromatic rings. The van der Waals surface area contributed by atoms with Gasteiger partial charge in [-0.3, -0.25) is 0 Å². The normalized spacial score (nSPS) is 15.6. The minimum absolute atomic E-state index is 0.127. The van der Waals surface area contributed by atoms with Crippen molar-refractivity contribution in [2.75, 3.05) is 32.7 Å². The smallest absolute Gasteiger partial charge is 0.317 e. The standard InChI is InChI=1S/C14H29N3O/c1-4-16(5-2)11-8-12-17(6-3)14(18)15-13-9-7-10-13/h13H,4-12H2,1-3H3,(H,15,18). The molecule has 1 aliphatic rings. The van der Waals surface area contributed by atoms with Crippen LogP contribution in [0.5, 0.6) is 0 Å². The minimum Gasteiger partial charge on any atom is -0.335 e. The number of nitrogens with one attached hydrogen (secondary N) is 1. The molecule has 0 atom stereocenters. The van der Waals surface area contributed by atoms with Crippen LogP contribution < -0.4 is 5.32 Å². The lowest BCUT2D eigenvalue weighted by Crippen LogP contribution is -2.47. The zero-order chi connectivity index (χ0) is 13.4. The number of rotatable bonds is 8. The van der Waals surface area contributed by atoms with Crippen molar-refractivity contribution in [3.8, 4) is 0 Å². The highest BCUT2D eigenvalue weighted by molar-refractivity contribution is 5.74. The predicted octanol–water partition coefficient (Wildman–Crippen LogP) is 2.30. The van der Waals surface area contributed by atoms with Crippen molar-refractivity contribution < 1.29 is 4.79 Å². The Morgan fingerprint density at radius 3 is 2.22 bits per heavy atom. The lowest BCUT2D eigenvalue weighted by Gasteiger charge is -2.30. The summed E-state index contributed by atoms with van der Waals surface area (Å²) in [5.41, 5.74) is 0.